The monoisotopic (exact) mass is 484 g/mol. The van der Waals surface area contributed by atoms with E-state index in [1.807, 2.05) is 0 Å². The molecule has 182 valence electrons. The molecular formula is C22H21F5N4O3. The van der Waals surface area contributed by atoms with Gasteiger partial charge in [0.1, 0.15) is 24.0 Å². The van der Waals surface area contributed by atoms with Gasteiger partial charge in [-0.1, -0.05) is 0 Å². The van der Waals surface area contributed by atoms with Crippen LogP contribution in [-0.4, -0.2) is 49.8 Å². The van der Waals surface area contributed by atoms with E-state index in [0.29, 0.717) is 18.4 Å². The van der Waals surface area contributed by atoms with Gasteiger partial charge in [-0.05, 0) is 31.5 Å². The van der Waals surface area contributed by atoms with E-state index in [9.17, 15) is 36.3 Å². The van der Waals surface area contributed by atoms with E-state index in [1.165, 1.54) is 25.9 Å². The number of hydrogen-bond acceptors (Lipinski definition) is 5. The summed E-state index contributed by atoms with van der Waals surface area (Å²) in [6, 6.07) is 1.74. The molecule has 0 spiro atoms. The molecule has 2 aromatic rings. The standard InChI is InChI=1S/C22H21F5N4O3/c1-12-8-13(22(25,26)27)9-18(28-12)31-16(4-5-19(31)33)21(34)30(3)17-11-14(23)10-15(24)20(17)29(2)6-7-32/h7-11,16H,4-6H2,1-3H3. The molecule has 12 heteroatoms. The smallest absolute Gasteiger partial charge is 0.364 e. The third-order valence-corrected chi connectivity index (χ3v) is 5.44. The highest BCUT2D eigenvalue weighted by Gasteiger charge is 2.41. The Bertz CT molecular complexity index is 1140. The third-order valence-electron chi connectivity index (χ3n) is 5.44. The Morgan fingerprint density at radius 3 is 2.50 bits per heavy atom. The number of halogens is 5. The van der Waals surface area contributed by atoms with Crippen molar-refractivity contribution >= 4 is 35.3 Å². The van der Waals surface area contributed by atoms with Crippen molar-refractivity contribution in [1.82, 2.24) is 4.98 Å². The van der Waals surface area contributed by atoms with Crippen LogP contribution >= 0.6 is 0 Å². The van der Waals surface area contributed by atoms with Gasteiger partial charge in [0.15, 0.2) is 5.82 Å². The van der Waals surface area contributed by atoms with Gasteiger partial charge < -0.3 is 14.6 Å². The first-order valence-electron chi connectivity index (χ1n) is 10.1. The summed E-state index contributed by atoms with van der Waals surface area (Å²) in [5.41, 5.74) is -1.47. The van der Waals surface area contributed by atoms with Crippen molar-refractivity contribution in [2.75, 3.05) is 35.3 Å². The van der Waals surface area contributed by atoms with E-state index in [0.717, 1.165) is 21.9 Å². The largest absolute Gasteiger partial charge is 0.416 e. The van der Waals surface area contributed by atoms with Crippen LogP contribution in [0.3, 0.4) is 0 Å². The van der Waals surface area contributed by atoms with Crippen molar-refractivity contribution in [2.45, 2.75) is 32.0 Å². The first kappa shape index (κ1) is 25.1. The highest BCUT2D eigenvalue weighted by Crippen LogP contribution is 2.36. The van der Waals surface area contributed by atoms with E-state index >= 15 is 0 Å². The summed E-state index contributed by atoms with van der Waals surface area (Å²) < 4.78 is 68.5. The molecule has 1 aromatic heterocycles. The fourth-order valence-electron chi connectivity index (χ4n) is 3.87. The van der Waals surface area contributed by atoms with Gasteiger partial charge in [0.25, 0.3) is 0 Å². The Kier molecular flexibility index (Phi) is 6.89. The molecule has 1 fully saturated rings. The number of aldehydes is 1. The number of rotatable bonds is 6. The normalized spacial score (nSPS) is 16.1. The van der Waals surface area contributed by atoms with Gasteiger partial charge >= 0.3 is 6.18 Å². The first-order valence-corrected chi connectivity index (χ1v) is 10.1. The molecule has 0 saturated carbocycles. The van der Waals surface area contributed by atoms with Crippen molar-refractivity contribution in [3.05, 3.63) is 47.2 Å². The number of aromatic nitrogens is 1. The number of amides is 2. The van der Waals surface area contributed by atoms with Crippen LogP contribution in [0.25, 0.3) is 0 Å². The SMILES string of the molecule is Cc1cc(C(F)(F)F)cc(N2C(=O)CCC2C(=O)N(C)c2cc(F)cc(F)c2N(C)CC=O)n1. The van der Waals surface area contributed by atoms with Crippen molar-refractivity contribution in [3.8, 4) is 0 Å². The van der Waals surface area contributed by atoms with Crippen LogP contribution in [0.5, 0.6) is 0 Å². The number of alkyl halides is 3. The van der Waals surface area contributed by atoms with Crippen molar-refractivity contribution in [2.24, 2.45) is 0 Å². The maximum absolute atomic E-state index is 14.6. The minimum Gasteiger partial charge on any atom is -0.364 e. The third kappa shape index (κ3) is 4.85. The van der Waals surface area contributed by atoms with E-state index in [1.54, 1.807) is 0 Å². The van der Waals surface area contributed by atoms with Gasteiger partial charge in [-0.25, -0.2) is 13.8 Å². The van der Waals surface area contributed by atoms with Gasteiger partial charge in [0.2, 0.25) is 11.8 Å². The molecule has 3 rings (SSSR count). The van der Waals surface area contributed by atoms with Gasteiger partial charge in [-0.2, -0.15) is 13.2 Å². The van der Waals surface area contributed by atoms with Crippen LogP contribution in [0.15, 0.2) is 24.3 Å². The van der Waals surface area contributed by atoms with Crippen molar-refractivity contribution < 1.29 is 36.3 Å². The quantitative estimate of drug-likeness (QED) is 0.464. The maximum atomic E-state index is 14.6. The van der Waals surface area contributed by atoms with Crippen LogP contribution in [0.2, 0.25) is 0 Å². The maximum Gasteiger partial charge on any atom is 0.416 e. The van der Waals surface area contributed by atoms with E-state index in [4.69, 9.17) is 0 Å². The zero-order valence-electron chi connectivity index (χ0n) is 18.5. The Morgan fingerprint density at radius 1 is 1.21 bits per heavy atom. The molecule has 2 amide bonds. The number of benzene rings is 1. The average molecular weight is 484 g/mol. The molecule has 0 N–H and O–H groups in total. The first-order chi connectivity index (χ1) is 15.8. The lowest BCUT2D eigenvalue weighted by Crippen LogP contribution is -2.46. The van der Waals surface area contributed by atoms with Gasteiger partial charge in [0, 0.05) is 32.3 Å². The molecular weight excluding hydrogens is 463 g/mol. The second kappa shape index (κ2) is 9.35. The molecule has 0 radical (unpaired) electrons. The molecule has 1 aliphatic rings. The number of carbonyl (C=O) groups is 3. The molecule has 1 saturated heterocycles. The molecule has 34 heavy (non-hydrogen) atoms. The zero-order valence-corrected chi connectivity index (χ0v) is 18.5. The summed E-state index contributed by atoms with van der Waals surface area (Å²) in [7, 11) is 2.59. The molecule has 1 aliphatic heterocycles. The Balaban J connectivity index is 2.03. The fourth-order valence-corrected chi connectivity index (χ4v) is 3.87. The molecule has 2 heterocycles. The molecule has 0 aliphatic carbocycles. The molecule has 1 atom stereocenters. The van der Waals surface area contributed by atoms with E-state index in [-0.39, 0.29) is 42.3 Å². The lowest BCUT2D eigenvalue weighted by Gasteiger charge is -2.30. The number of aryl methyl sites for hydroxylation is 1. The summed E-state index contributed by atoms with van der Waals surface area (Å²) in [5, 5.41) is 0. The van der Waals surface area contributed by atoms with E-state index < -0.39 is 41.2 Å². The predicted molar refractivity (Wildman–Crippen MR) is 114 cm³/mol. The second-order valence-electron chi connectivity index (χ2n) is 7.87. The highest BCUT2D eigenvalue weighted by molar-refractivity contribution is 6.09. The van der Waals surface area contributed by atoms with Crippen LogP contribution < -0.4 is 14.7 Å². The molecule has 0 bridgehead atoms. The van der Waals surface area contributed by atoms with Crippen molar-refractivity contribution in [1.29, 1.82) is 0 Å². The summed E-state index contributed by atoms with van der Waals surface area (Å²) in [6.07, 6.45) is -4.36. The van der Waals surface area contributed by atoms with Crippen LogP contribution in [0.4, 0.5) is 39.1 Å². The molecule has 1 aromatic carbocycles. The van der Waals surface area contributed by atoms with Gasteiger partial charge in [0.05, 0.1) is 23.5 Å². The number of hydrogen-bond donors (Lipinski definition) is 0. The number of anilines is 3. The summed E-state index contributed by atoms with van der Waals surface area (Å²) in [4.78, 5) is 43.8. The lowest BCUT2D eigenvalue weighted by atomic mass is 10.1. The summed E-state index contributed by atoms with van der Waals surface area (Å²) >= 11 is 0. The number of nitrogens with zero attached hydrogens (tertiary/aromatic N) is 4. The van der Waals surface area contributed by atoms with Gasteiger partial charge in [-0.15, -0.1) is 0 Å². The Labute approximate surface area is 191 Å². The number of likely N-dealkylation sites (N-methyl/N-ethyl adjacent to an activating group) is 2. The average Bonchev–Trinajstić information content (AvgIpc) is 3.12. The predicted octanol–water partition coefficient (Wildman–Crippen LogP) is 3.48. The number of carbonyl (C=O) groups excluding carboxylic acids is 3. The minimum atomic E-state index is -4.70. The highest BCUT2D eigenvalue weighted by atomic mass is 19.4. The lowest BCUT2D eigenvalue weighted by molar-refractivity contribution is -0.137. The molecule has 1 unspecified atom stereocenters. The topological polar surface area (TPSA) is 73.8 Å². The van der Waals surface area contributed by atoms with E-state index in [2.05, 4.69) is 4.98 Å². The second-order valence-corrected chi connectivity index (χ2v) is 7.87. The van der Waals surface area contributed by atoms with Gasteiger partial charge in [-0.3, -0.25) is 14.5 Å². The zero-order chi connectivity index (χ0) is 25.4. The summed E-state index contributed by atoms with van der Waals surface area (Å²) in [6.45, 7) is 1.08. The van der Waals surface area contributed by atoms with Crippen LogP contribution in [0.1, 0.15) is 24.1 Å². The number of pyridine rings is 1. The Morgan fingerprint density at radius 2 is 1.88 bits per heavy atom. The van der Waals surface area contributed by atoms with Crippen molar-refractivity contribution in [3.63, 3.8) is 0 Å². The van der Waals surface area contributed by atoms with Crippen LogP contribution in [0, 0.1) is 18.6 Å². The summed E-state index contributed by atoms with van der Waals surface area (Å²) in [5.74, 6) is -3.74. The molecule has 7 nitrogen and oxygen atoms in total. The fraction of sp³-hybridized carbons (Fsp3) is 0.364. The minimum absolute atomic E-state index is 0.00551. The van der Waals surface area contributed by atoms with Crippen LogP contribution in [-0.2, 0) is 20.6 Å². The Hall–Kier alpha value is -3.57.